The number of carbonyl (C=O) groups is 2. The van der Waals surface area contributed by atoms with E-state index in [1.807, 2.05) is 36.4 Å². The fourth-order valence-electron chi connectivity index (χ4n) is 5.72. The summed E-state index contributed by atoms with van der Waals surface area (Å²) in [6.45, 7) is 6.65. The zero-order chi connectivity index (χ0) is 44.5. The average Bonchev–Trinajstić information content (AvgIpc) is 3.77. The van der Waals surface area contributed by atoms with Crippen molar-refractivity contribution < 1.29 is 9.59 Å². The Morgan fingerprint density at radius 3 is 1.46 bits per heavy atom. The molecule has 6 aromatic heterocycles. The molecule has 0 spiro atoms. The number of halogens is 3. The second-order valence-electron chi connectivity index (χ2n) is 13.3. The number of hydrogen-bond acceptors (Lipinski definition) is 15. The van der Waals surface area contributed by atoms with E-state index in [0.717, 1.165) is 41.2 Å². The number of nitrogen functional groups attached to an aromatic ring is 3. The SMILES string of the molecule is Brc1cccc(Br)n1.C.C1CNCCNC1.N#Cc1cccnc1N.Nc1ncccc1C(=O)c1cccc(Br)n1.Nc1ncccc1C(=O)c1cccc(N2CCCCCC2)n1. The van der Waals surface area contributed by atoms with E-state index in [0.29, 0.717) is 38.5 Å². The lowest BCUT2D eigenvalue weighted by atomic mass is 10.1. The van der Waals surface area contributed by atoms with Gasteiger partial charge in [0.05, 0.1) is 16.7 Å². The minimum Gasteiger partial charge on any atom is -0.383 e. The van der Waals surface area contributed by atoms with Crippen LogP contribution in [0.2, 0.25) is 0 Å². The first kappa shape index (κ1) is 51.6. The van der Waals surface area contributed by atoms with Crippen LogP contribution in [0.3, 0.4) is 0 Å². The van der Waals surface area contributed by atoms with Gasteiger partial charge in [-0.05, 0) is 153 Å². The van der Waals surface area contributed by atoms with E-state index in [1.54, 1.807) is 79.3 Å². The molecule has 0 aromatic carbocycles. The number of pyridine rings is 6. The van der Waals surface area contributed by atoms with Crippen LogP contribution in [0.1, 0.15) is 77.2 Å². The Balaban J connectivity index is 0.000000225. The maximum atomic E-state index is 12.6. The number of hydrogen-bond donors (Lipinski definition) is 5. The highest BCUT2D eigenvalue weighted by atomic mass is 79.9. The Kier molecular flexibility index (Phi) is 23.6. The van der Waals surface area contributed by atoms with Gasteiger partial charge in [0.1, 0.15) is 54.5 Å². The number of nitrogens with one attached hydrogen (secondary N) is 2. The van der Waals surface area contributed by atoms with Crippen LogP contribution in [-0.4, -0.2) is 80.7 Å². The van der Waals surface area contributed by atoms with Crippen LogP contribution in [0, 0.1) is 11.3 Å². The van der Waals surface area contributed by atoms with Crippen LogP contribution in [0.25, 0.3) is 0 Å². The number of ketones is 2. The zero-order valence-corrected chi connectivity index (χ0v) is 38.7. The van der Waals surface area contributed by atoms with E-state index in [2.05, 4.69) is 93.2 Å². The molecule has 0 atom stereocenters. The maximum absolute atomic E-state index is 12.6. The van der Waals surface area contributed by atoms with E-state index in [1.165, 1.54) is 45.2 Å². The average molecular weight is 1050 g/mol. The van der Waals surface area contributed by atoms with Crippen molar-refractivity contribution >= 4 is 82.6 Å². The van der Waals surface area contributed by atoms with E-state index in [-0.39, 0.29) is 30.6 Å². The number of aromatic nitrogens is 6. The number of nitrogens with two attached hydrogens (primary N) is 3. The lowest BCUT2D eigenvalue weighted by Crippen LogP contribution is -2.25. The van der Waals surface area contributed by atoms with Crippen molar-refractivity contribution in [2.24, 2.45) is 0 Å². The van der Waals surface area contributed by atoms with Crippen molar-refractivity contribution in [2.75, 3.05) is 61.4 Å². The van der Waals surface area contributed by atoms with Crippen molar-refractivity contribution in [2.45, 2.75) is 39.5 Å². The van der Waals surface area contributed by atoms with Crippen LogP contribution >= 0.6 is 47.8 Å². The molecule has 8 N–H and O–H groups in total. The first-order chi connectivity index (χ1) is 30.1. The molecule has 8 rings (SSSR count). The summed E-state index contributed by atoms with van der Waals surface area (Å²) in [5, 5.41) is 14.9. The van der Waals surface area contributed by atoms with Crippen molar-refractivity contribution in [1.82, 2.24) is 40.5 Å². The molecular formula is C45H52Br3N13O2. The third kappa shape index (κ3) is 18.3. The van der Waals surface area contributed by atoms with Gasteiger partial charge in [-0.25, -0.2) is 29.9 Å². The molecule has 0 bridgehead atoms. The zero-order valence-electron chi connectivity index (χ0n) is 33.9. The highest BCUT2D eigenvalue weighted by Crippen LogP contribution is 2.20. The minimum atomic E-state index is -0.230. The summed E-state index contributed by atoms with van der Waals surface area (Å²) < 4.78 is 2.32. The van der Waals surface area contributed by atoms with Crippen LogP contribution < -0.4 is 32.7 Å². The number of nitrogens with zero attached hydrogens (tertiary/aromatic N) is 8. The van der Waals surface area contributed by atoms with Gasteiger partial charge in [-0.15, -0.1) is 0 Å². The third-order valence-electron chi connectivity index (χ3n) is 8.84. The lowest BCUT2D eigenvalue weighted by Gasteiger charge is -2.21. The van der Waals surface area contributed by atoms with Crippen LogP contribution in [0.4, 0.5) is 23.3 Å². The van der Waals surface area contributed by atoms with Crippen LogP contribution in [-0.2, 0) is 0 Å². The normalized spacial score (nSPS) is 13.0. The van der Waals surface area contributed by atoms with Crippen molar-refractivity contribution in [3.05, 3.63) is 151 Å². The molecule has 2 aliphatic rings. The Hall–Kier alpha value is -5.71. The molecule has 330 valence electrons. The highest BCUT2D eigenvalue weighted by Gasteiger charge is 2.17. The highest BCUT2D eigenvalue weighted by molar-refractivity contribution is 9.11. The van der Waals surface area contributed by atoms with Gasteiger partial charge in [0.15, 0.2) is 0 Å². The largest absolute Gasteiger partial charge is 0.383 e. The summed E-state index contributed by atoms with van der Waals surface area (Å²) in [4.78, 5) is 51.0. The molecule has 0 aliphatic carbocycles. The maximum Gasteiger partial charge on any atom is 0.215 e. The van der Waals surface area contributed by atoms with Gasteiger partial charge in [0.2, 0.25) is 11.6 Å². The fraction of sp³-hybridized carbons (Fsp3) is 0.267. The van der Waals surface area contributed by atoms with Crippen LogP contribution in [0.15, 0.2) is 123 Å². The summed E-state index contributed by atoms with van der Waals surface area (Å²) in [6, 6.07) is 28.3. The molecule has 0 amide bonds. The quantitative estimate of drug-likeness (QED) is 0.0810. The summed E-state index contributed by atoms with van der Waals surface area (Å²) >= 11 is 9.65. The van der Waals surface area contributed by atoms with Gasteiger partial charge in [-0.3, -0.25) is 9.59 Å². The number of nitriles is 1. The monoisotopic (exact) mass is 1040 g/mol. The summed E-state index contributed by atoms with van der Waals surface area (Å²) in [6.07, 6.45) is 10.8. The van der Waals surface area contributed by atoms with Crippen molar-refractivity contribution in [3.8, 4) is 6.07 Å². The topological polar surface area (TPSA) is 241 Å². The number of rotatable bonds is 5. The molecule has 0 unspecified atom stereocenters. The Morgan fingerprint density at radius 1 is 0.556 bits per heavy atom. The summed E-state index contributed by atoms with van der Waals surface area (Å²) in [5.74, 6) is 1.22. The molecule has 0 saturated carbocycles. The van der Waals surface area contributed by atoms with Gasteiger partial charge in [-0.2, -0.15) is 5.26 Å². The molecule has 6 aromatic rings. The fourth-order valence-corrected chi connectivity index (χ4v) is 6.98. The molecule has 2 saturated heterocycles. The predicted molar refractivity (Wildman–Crippen MR) is 261 cm³/mol. The molecule has 2 fully saturated rings. The molecule has 8 heterocycles. The predicted octanol–water partition coefficient (Wildman–Crippen LogP) is 8.07. The van der Waals surface area contributed by atoms with Crippen molar-refractivity contribution in [3.63, 3.8) is 0 Å². The molecule has 18 heteroatoms. The van der Waals surface area contributed by atoms with Gasteiger partial charge in [0, 0.05) is 44.8 Å². The molecule has 15 nitrogen and oxygen atoms in total. The van der Waals surface area contributed by atoms with Crippen LogP contribution in [0.5, 0.6) is 0 Å². The number of carbonyl (C=O) groups excluding carboxylic acids is 2. The Labute approximate surface area is 394 Å². The first-order valence-electron chi connectivity index (χ1n) is 19.7. The minimum absolute atomic E-state index is 0. The number of anilines is 4. The smallest absolute Gasteiger partial charge is 0.215 e. The first-order valence-corrected chi connectivity index (χ1v) is 22.1. The second kappa shape index (κ2) is 28.8. The molecular weight excluding hydrogens is 994 g/mol. The van der Waals surface area contributed by atoms with Crippen molar-refractivity contribution in [1.29, 1.82) is 5.26 Å². The Bertz CT molecular complexity index is 2340. The van der Waals surface area contributed by atoms with Gasteiger partial charge in [-0.1, -0.05) is 38.5 Å². The van der Waals surface area contributed by atoms with E-state index < -0.39 is 0 Å². The second-order valence-corrected chi connectivity index (χ2v) is 15.8. The van der Waals surface area contributed by atoms with Gasteiger partial charge >= 0.3 is 0 Å². The molecule has 63 heavy (non-hydrogen) atoms. The molecule has 0 radical (unpaired) electrons. The molecule has 2 aliphatic heterocycles. The Morgan fingerprint density at radius 2 is 1.02 bits per heavy atom. The summed E-state index contributed by atoms with van der Waals surface area (Å²) in [7, 11) is 0. The van der Waals surface area contributed by atoms with Gasteiger partial charge in [0.25, 0.3) is 0 Å². The lowest BCUT2D eigenvalue weighted by molar-refractivity contribution is 0.102. The van der Waals surface area contributed by atoms with E-state index in [4.69, 9.17) is 22.5 Å². The standard InChI is InChI=1S/C17H20N4O.C11H8BrN3O.C6H5N3.C5H3Br2N.C5H12N2.CH4/c18-17-13(7-6-10-19-17)16(22)14-8-5-9-15(20-14)21-11-3-1-2-4-12-21;12-9-5-1-4-8(15-9)10(16)7-3-2-6-14-11(7)13;7-4-5-2-1-3-9-6(5)8;6-4-2-1-3-5(7)8-4;1-2-6-4-5-7-3-1;/h5-10H,1-4,11-12H2,(H2,18,19);1-6H,(H2,13,14);1-3H,(H2,8,9);1-3H;6-7H,1-5H2;1H4. The van der Waals surface area contributed by atoms with E-state index >= 15 is 0 Å². The van der Waals surface area contributed by atoms with E-state index in [9.17, 15) is 9.59 Å². The van der Waals surface area contributed by atoms with Gasteiger partial charge < -0.3 is 32.7 Å². The summed E-state index contributed by atoms with van der Waals surface area (Å²) in [5.41, 5.74) is 18.7. The third-order valence-corrected chi connectivity index (χ3v) is 10.2.